The number of nitrogens with one attached hydrogen (secondary N) is 1. The Balaban J connectivity index is 1.61. The van der Waals surface area contributed by atoms with Crippen LogP contribution in [0.2, 0.25) is 0 Å². The molecular weight excluding hydrogens is 583 g/mol. The van der Waals surface area contributed by atoms with Crippen molar-refractivity contribution in [2.45, 2.75) is 38.1 Å². The second kappa shape index (κ2) is 12.4. The summed E-state index contributed by atoms with van der Waals surface area (Å²) < 4.78 is 47.2. The number of aliphatic hydroxyl groups is 1. The molecule has 2 fully saturated rings. The van der Waals surface area contributed by atoms with Gasteiger partial charge in [0.1, 0.15) is 23.4 Å². The summed E-state index contributed by atoms with van der Waals surface area (Å²) in [6.45, 7) is 12.2. The maximum atomic E-state index is 13.8. The van der Waals surface area contributed by atoms with E-state index in [2.05, 4.69) is 40.2 Å². The number of likely N-dealkylation sites (tertiary alicyclic amines) is 1. The number of benzene rings is 2. The first-order valence-corrected chi connectivity index (χ1v) is 15.2. The fourth-order valence-corrected chi connectivity index (χ4v) is 6.47. The fraction of sp³-hybridized carbons (Fsp3) is 0.424. The molecule has 45 heavy (non-hydrogen) atoms. The van der Waals surface area contributed by atoms with Crippen molar-refractivity contribution in [3.8, 4) is 16.9 Å². The summed E-state index contributed by atoms with van der Waals surface area (Å²) in [5.41, 5.74) is 3.75. The highest BCUT2D eigenvalue weighted by molar-refractivity contribution is 6.07. The highest BCUT2D eigenvalue weighted by atomic mass is 19.4. The number of piperazine rings is 1. The molecule has 4 heterocycles. The minimum absolute atomic E-state index is 0.0465. The van der Waals surface area contributed by atoms with E-state index in [1.807, 2.05) is 30.0 Å². The van der Waals surface area contributed by atoms with Gasteiger partial charge in [0, 0.05) is 48.4 Å². The van der Waals surface area contributed by atoms with Crippen LogP contribution in [0.15, 0.2) is 43.6 Å². The average Bonchev–Trinajstić information content (AvgIpc) is 3.51. The molecule has 2 saturated heterocycles. The van der Waals surface area contributed by atoms with E-state index in [1.165, 1.54) is 6.08 Å². The number of fused-ring (bicyclic) bond motifs is 2. The summed E-state index contributed by atoms with van der Waals surface area (Å²) in [6, 6.07) is 5.72. The lowest BCUT2D eigenvalue weighted by molar-refractivity contribution is -0.153. The molecule has 9 nitrogen and oxygen atoms in total. The van der Waals surface area contributed by atoms with Crippen LogP contribution in [0.3, 0.4) is 0 Å². The molecular formula is C33H38F3N7O2. The summed E-state index contributed by atoms with van der Waals surface area (Å²) in [5.74, 6) is 1.35. The van der Waals surface area contributed by atoms with Crippen LogP contribution in [0.5, 0.6) is 5.75 Å². The van der Waals surface area contributed by atoms with Crippen molar-refractivity contribution in [3.05, 3.63) is 60.6 Å². The molecule has 0 saturated carbocycles. The number of alkyl halides is 3. The van der Waals surface area contributed by atoms with Gasteiger partial charge in [-0.05, 0) is 74.8 Å². The molecule has 1 unspecified atom stereocenters. The standard InChI is InChI=1S/C33H38F3N7O2/c1-5-21-17-23-29(30(45-19-33(34,35)36)28(21)27-20(3)7-8-25-24(27)18-37-40-25)38-31(22-9-11-41(4)12-10-22)39-32(23)43-15-13-42(14-16-43)26(44)6-2/h5-8,17-18,22,26,44H,1-2,9-16,19H2,3-4H3,(H,37,40). The molecule has 238 valence electrons. The number of nitrogens with zero attached hydrogens (tertiary/aromatic N) is 6. The topological polar surface area (TPSA) is 93.6 Å². The first kappa shape index (κ1) is 31.0. The molecule has 0 bridgehead atoms. The summed E-state index contributed by atoms with van der Waals surface area (Å²) in [6.07, 6.45) is 1.16. The monoisotopic (exact) mass is 621 g/mol. The average molecular weight is 622 g/mol. The van der Waals surface area contributed by atoms with Crippen molar-refractivity contribution in [1.82, 2.24) is 30.0 Å². The molecule has 0 amide bonds. The summed E-state index contributed by atoms with van der Waals surface area (Å²) in [7, 11) is 2.07. The highest BCUT2D eigenvalue weighted by Gasteiger charge is 2.33. The van der Waals surface area contributed by atoms with Gasteiger partial charge in [-0.1, -0.05) is 25.3 Å². The highest BCUT2D eigenvalue weighted by Crippen LogP contribution is 2.46. The number of aryl methyl sites for hydroxylation is 1. The maximum absolute atomic E-state index is 13.8. The van der Waals surface area contributed by atoms with Gasteiger partial charge in [-0.2, -0.15) is 18.3 Å². The Morgan fingerprint density at radius 1 is 1.07 bits per heavy atom. The Hall–Kier alpha value is -4.00. The van der Waals surface area contributed by atoms with Crippen molar-refractivity contribution in [2.24, 2.45) is 0 Å². The predicted molar refractivity (Wildman–Crippen MR) is 170 cm³/mol. The zero-order chi connectivity index (χ0) is 31.9. The van der Waals surface area contributed by atoms with Gasteiger partial charge in [0.05, 0.1) is 11.7 Å². The lowest BCUT2D eigenvalue weighted by Gasteiger charge is -2.37. The SMILES string of the molecule is C=Cc1cc2c(N3CCN(C(O)C=C)CC3)nc(C3CCN(C)CC3)nc2c(OCC(F)(F)F)c1-c1c(C)ccc2[nH]ncc12. The number of aromatic amines is 1. The second-order valence-corrected chi connectivity index (χ2v) is 11.9. The third-order valence-electron chi connectivity index (χ3n) is 8.94. The van der Waals surface area contributed by atoms with E-state index < -0.39 is 19.0 Å². The fourth-order valence-electron chi connectivity index (χ4n) is 6.47. The Morgan fingerprint density at radius 2 is 1.80 bits per heavy atom. The van der Waals surface area contributed by atoms with Gasteiger partial charge in [0.15, 0.2) is 12.4 Å². The van der Waals surface area contributed by atoms with Crippen molar-refractivity contribution < 1.29 is 23.0 Å². The molecule has 12 heteroatoms. The van der Waals surface area contributed by atoms with Gasteiger partial charge in [-0.3, -0.25) is 10.00 Å². The summed E-state index contributed by atoms with van der Waals surface area (Å²) in [4.78, 5) is 16.4. The van der Waals surface area contributed by atoms with Crippen molar-refractivity contribution in [2.75, 3.05) is 57.8 Å². The van der Waals surface area contributed by atoms with Crippen molar-refractivity contribution in [1.29, 1.82) is 0 Å². The third-order valence-corrected chi connectivity index (χ3v) is 8.94. The van der Waals surface area contributed by atoms with Crippen LogP contribution in [-0.2, 0) is 0 Å². The Bertz CT molecular complexity index is 1720. The predicted octanol–water partition coefficient (Wildman–Crippen LogP) is 5.50. The normalized spacial score (nSPS) is 18.0. The number of aliphatic hydroxyl groups excluding tert-OH is 1. The molecule has 6 rings (SSSR count). The zero-order valence-electron chi connectivity index (χ0n) is 25.6. The van der Waals surface area contributed by atoms with E-state index in [-0.39, 0.29) is 11.7 Å². The van der Waals surface area contributed by atoms with Crippen LogP contribution in [0, 0.1) is 6.92 Å². The number of hydrogen-bond acceptors (Lipinski definition) is 8. The quantitative estimate of drug-likeness (QED) is 0.249. The number of rotatable bonds is 8. The van der Waals surface area contributed by atoms with Crippen molar-refractivity contribution in [3.63, 3.8) is 0 Å². The molecule has 0 aliphatic carbocycles. The van der Waals surface area contributed by atoms with Crippen LogP contribution >= 0.6 is 0 Å². The van der Waals surface area contributed by atoms with Gasteiger partial charge in [0.2, 0.25) is 0 Å². The van der Waals surface area contributed by atoms with Gasteiger partial charge in [-0.15, -0.1) is 0 Å². The first-order chi connectivity index (χ1) is 21.6. The van der Waals surface area contributed by atoms with E-state index in [4.69, 9.17) is 14.7 Å². The molecule has 2 aliphatic heterocycles. The summed E-state index contributed by atoms with van der Waals surface area (Å²) in [5, 5.41) is 18.9. The largest absolute Gasteiger partial charge is 0.481 e. The number of anilines is 1. The van der Waals surface area contributed by atoms with Crippen LogP contribution in [-0.4, -0.2) is 100 Å². The molecule has 2 aromatic heterocycles. The van der Waals surface area contributed by atoms with Crippen LogP contribution in [0.1, 0.15) is 35.7 Å². The maximum Gasteiger partial charge on any atom is 0.422 e. The minimum atomic E-state index is -4.57. The molecule has 2 aromatic carbocycles. The van der Waals surface area contributed by atoms with E-state index >= 15 is 0 Å². The number of halogens is 3. The Labute approximate surface area is 260 Å². The minimum Gasteiger partial charge on any atom is -0.481 e. The van der Waals surface area contributed by atoms with Crippen LogP contribution in [0.4, 0.5) is 19.0 Å². The van der Waals surface area contributed by atoms with Gasteiger partial charge in [0.25, 0.3) is 0 Å². The molecule has 2 N–H and O–H groups in total. The lowest BCUT2D eigenvalue weighted by Crippen LogP contribution is -2.50. The van der Waals surface area contributed by atoms with Crippen molar-refractivity contribution >= 4 is 33.7 Å². The molecule has 4 aromatic rings. The zero-order valence-corrected chi connectivity index (χ0v) is 25.6. The second-order valence-electron chi connectivity index (χ2n) is 11.9. The number of hydrogen-bond donors (Lipinski definition) is 2. The van der Waals surface area contributed by atoms with E-state index in [0.29, 0.717) is 65.4 Å². The molecule has 2 aliphatic rings. The molecule has 1 atom stereocenters. The number of H-pyrrole nitrogens is 1. The van der Waals surface area contributed by atoms with Crippen LogP contribution in [0.25, 0.3) is 39.0 Å². The van der Waals surface area contributed by atoms with Crippen LogP contribution < -0.4 is 9.64 Å². The van der Waals surface area contributed by atoms with E-state index in [0.717, 1.165) is 42.4 Å². The number of ether oxygens (including phenoxy) is 1. The summed E-state index contributed by atoms with van der Waals surface area (Å²) >= 11 is 0. The Kier molecular flexibility index (Phi) is 8.55. The number of piperidine rings is 1. The molecule has 0 radical (unpaired) electrons. The molecule has 0 spiro atoms. The van der Waals surface area contributed by atoms with Gasteiger partial charge in [-0.25, -0.2) is 9.97 Å². The van der Waals surface area contributed by atoms with Gasteiger partial charge < -0.3 is 19.6 Å². The van der Waals surface area contributed by atoms with E-state index in [1.54, 1.807) is 12.3 Å². The lowest BCUT2D eigenvalue weighted by atomic mass is 9.90. The van der Waals surface area contributed by atoms with E-state index in [9.17, 15) is 18.3 Å². The number of aromatic nitrogens is 4. The van der Waals surface area contributed by atoms with Gasteiger partial charge >= 0.3 is 6.18 Å². The Morgan fingerprint density at radius 3 is 2.47 bits per heavy atom. The smallest absolute Gasteiger partial charge is 0.422 e. The third kappa shape index (κ3) is 6.14. The first-order valence-electron chi connectivity index (χ1n) is 15.2.